The van der Waals surface area contributed by atoms with Crippen LogP contribution >= 0.6 is 0 Å². The molecule has 0 radical (unpaired) electrons. The Morgan fingerprint density at radius 1 is 1.63 bits per heavy atom. The van der Waals surface area contributed by atoms with Crippen molar-refractivity contribution in [1.29, 1.82) is 5.26 Å². The van der Waals surface area contributed by atoms with Crippen LogP contribution in [0, 0.1) is 11.3 Å². The molecule has 8 heteroatoms. The van der Waals surface area contributed by atoms with Gasteiger partial charge >= 0.3 is 0 Å². The van der Waals surface area contributed by atoms with E-state index in [1.54, 1.807) is 12.1 Å². The zero-order chi connectivity index (χ0) is 13.8. The number of carbonyl (C=O) groups excluding carboxylic acids is 1. The smallest absolute Gasteiger partial charge is 0.252 e. The fourth-order valence-electron chi connectivity index (χ4n) is 1.37. The average molecular weight is 260 g/mol. The van der Waals surface area contributed by atoms with Gasteiger partial charge in [-0.1, -0.05) is 19.0 Å². The normalized spacial score (nSPS) is 10.4. The number of nitrogens with zero attached hydrogens (tertiary/aromatic N) is 5. The van der Waals surface area contributed by atoms with E-state index < -0.39 is 0 Å². The summed E-state index contributed by atoms with van der Waals surface area (Å²) in [7, 11) is 0. The molecule has 2 rings (SSSR count). The molecular formula is C11H12N6O2. The second-order valence-electron chi connectivity index (χ2n) is 4.20. The molecule has 19 heavy (non-hydrogen) atoms. The Balaban J connectivity index is 1.95. The van der Waals surface area contributed by atoms with Crippen molar-refractivity contribution in [3.8, 4) is 6.07 Å². The van der Waals surface area contributed by atoms with Gasteiger partial charge in [-0.05, 0) is 5.92 Å². The van der Waals surface area contributed by atoms with Crippen LogP contribution in [0.5, 0.6) is 0 Å². The van der Waals surface area contributed by atoms with Gasteiger partial charge in [-0.2, -0.15) is 5.26 Å². The van der Waals surface area contributed by atoms with Gasteiger partial charge in [0.1, 0.15) is 18.9 Å². The average Bonchev–Trinajstić information content (AvgIpc) is 2.98. The van der Waals surface area contributed by atoms with Crippen LogP contribution in [0.15, 0.2) is 16.9 Å². The maximum Gasteiger partial charge on any atom is 0.252 e. The van der Waals surface area contributed by atoms with Crippen LogP contribution in [-0.2, 0) is 11.3 Å². The van der Waals surface area contributed by atoms with Gasteiger partial charge in [-0.3, -0.25) is 10.1 Å². The van der Waals surface area contributed by atoms with Crippen LogP contribution in [0.3, 0.4) is 0 Å². The van der Waals surface area contributed by atoms with Crippen molar-refractivity contribution in [3.05, 3.63) is 23.9 Å². The van der Waals surface area contributed by atoms with Gasteiger partial charge in [-0.25, -0.2) is 9.67 Å². The van der Waals surface area contributed by atoms with Crippen molar-refractivity contribution in [1.82, 2.24) is 19.9 Å². The number of nitrogens with one attached hydrogen (secondary N) is 1. The van der Waals surface area contributed by atoms with Crippen molar-refractivity contribution >= 4 is 11.8 Å². The van der Waals surface area contributed by atoms with E-state index in [0.717, 1.165) is 5.69 Å². The molecular weight excluding hydrogens is 248 g/mol. The predicted octanol–water partition coefficient (Wildman–Crippen LogP) is 0.900. The fraction of sp³-hybridized carbons (Fsp3) is 0.364. The Morgan fingerprint density at radius 3 is 3.00 bits per heavy atom. The van der Waals surface area contributed by atoms with Crippen molar-refractivity contribution in [2.75, 3.05) is 5.32 Å². The maximum absolute atomic E-state index is 11.7. The molecule has 0 aromatic carbocycles. The van der Waals surface area contributed by atoms with Crippen LogP contribution in [0.4, 0.5) is 5.88 Å². The van der Waals surface area contributed by atoms with Crippen LogP contribution in [0.1, 0.15) is 31.3 Å². The summed E-state index contributed by atoms with van der Waals surface area (Å²) in [5.41, 5.74) is 0.767. The minimum Gasteiger partial charge on any atom is -0.338 e. The molecule has 0 aliphatic heterocycles. The van der Waals surface area contributed by atoms with E-state index in [1.807, 2.05) is 13.8 Å². The van der Waals surface area contributed by atoms with E-state index in [4.69, 9.17) is 9.78 Å². The first-order valence-electron chi connectivity index (χ1n) is 5.64. The van der Waals surface area contributed by atoms with Gasteiger partial charge in [0.15, 0.2) is 0 Å². The lowest BCUT2D eigenvalue weighted by Gasteiger charge is -2.00. The van der Waals surface area contributed by atoms with E-state index in [-0.39, 0.29) is 30.1 Å². The van der Waals surface area contributed by atoms with Crippen molar-refractivity contribution < 1.29 is 9.32 Å². The molecule has 8 nitrogen and oxygen atoms in total. The largest absolute Gasteiger partial charge is 0.338 e. The highest BCUT2D eigenvalue weighted by atomic mass is 16.5. The Hall–Kier alpha value is -2.69. The predicted molar refractivity (Wildman–Crippen MR) is 64.0 cm³/mol. The Bertz CT molecular complexity index is 621. The summed E-state index contributed by atoms with van der Waals surface area (Å²) in [6.45, 7) is 3.90. The molecule has 0 aliphatic carbocycles. The summed E-state index contributed by atoms with van der Waals surface area (Å²) in [5, 5.41) is 18.7. The van der Waals surface area contributed by atoms with Crippen molar-refractivity contribution in [3.63, 3.8) is 0 Å². The Labute approximate surface area is 109 Å². The molecule has 1 amide bonds. The molecule has 2 aromatic rings. The molecule has 0 bridgehead atoms. The lowest BCUT2D eigenvalue weighted by atomic mass is 10.1. The van der Waals surface area contributed by atoms with Crippen LogP contribution in [0.2, 0.25) is 0 Å². The van der Waals surface area contributed by atoms with Crippen molar-refractivity contribution in [2.24, 2.45) is 0 Å². The van der Waals surface area contributed by atoms with Gasteiger partial charge in [0, 0.05) is 6.07 Å². The molecule has 2 heterocycles. The number of carbonyl (C=O) groups is 1. The zero-order valence-corrected chi connectivity index (χ0v) is 10.5. The summed E-state index contributed by atoms with van der Waals surface area (Å²) in [6, 6.07) is 3.45. The summed E-state index contributed by atoms with van der Waals surface area (Å²) >= 11 is 0. The van der Waals surface area contributed by atoms with Gasteiger partial charge in [0.05, 0.1) is 5.69 Å². The van der Waals surface area contributed by atoms with E-state index in [0.29, 0.717) is 0 Å². The second kappa shape index (κ2) is 5.30. The summed E-state index contributed by atoms with van der Waals surface area (Å²) in [6.07, 6.45) is 1.32. The van der Waals surface area contributed by atoms with E-state index in [1.165, 1.54) is 11.0 Å². The number of hydrogen-bond acceptors (Lipinski definition) is 6. The number of amides is 1. The van der Waals surface area contributed by atoms with Gasteiger partial charge in [-0.15, -0.1) is 5.10 Å². The number of nitriles is 1. The van der Waals surface area contributed by atoms with E-state index in [9.17, 15) is 4.79 Å². The standard InChI is InChI=1S/C11H12N6O2/c1-7(2)8-3-11(19-16-8)14-10(18)5-17-6-13-9(4-12)15-17/h3,6-7H,5H2,1-2H3,(H,14,18). The summed E-state index contributed by atoms with van der Waals surface area (Å²) in [4.78, 5) is 15.4. The first-order chi connectivity index (χ1) is 9.08. The molecule has 0 fully saturated rings. The second-order valence-corrected chi connectivity index (χ2v) is 4.20. The molecule has 0 saturated carbocycles. The topological polar surface area (TPSA) is 110 Å². The van der Waals surface area contributed by atoms with Gasteiger partial charge in [0.25, 0.3) is 5.82 Å². The Morgan fingerprint density at radius 2 is 2.42 bits per heavy atom. The molecule has 0 saturated heterocycles. The quantitative estimate of drug-likeness (QED) is 0.874. The van der Waals surface area contributed by atoms with Crippen LogP contribution in [0.25, 0.3) is 0 Å². The van der Waals surface area contributed by atoms with Crippen LogP contribution < -0.4 is 5.32 Å². The molecule has 98 valence electrons. The SMILES string of the molecule is CC(C)c1cc(NC(=O)Cn2cnc(C#N)n2)on1. The molecule has 1 N–H and O–H groups in total. The zero-order valence-electron chi connectivity index (χ0n) is 10.5. The van der Waals surface area contributed by atoms with Gasteiger partial charge in [0.2, 0.25) is 11.8 Å². The highest BCUT2D eigenvalue weighted by Crippen LogP contribution is 2.17. The molecule has 0 unspecified atom stereocenters. The summed E-state index contributed by atoms with van der Waals surface area (Å²) in [5.74, 6) is 0.202. The number of aromatic nitrogens is 4. The first kappa shape index (κ1) is 12.8. The van der Waals surface area contributed by atoms with E-state index >= 15 is 0 Å². The first-order valence-corrected chi connectivity index (χ1v) is 5.64. The molecule has 2 aromatic heterocycles. The summed E-state index contributed by atoms with van der Waals surface area (Å²) < 4.78 is 6.25. The number of rotatable bonds is 4. The third-order valence-electron chi connectivity index (χ3n) is 2.32. The molecule has 0 aliphatic rings. The number of hydrogen-bond donors (Lipinski definition) is 1. The molecule has 0 atom stereocenters. The maximum atomic E-state index is 11.7. The van der Waals surface area contributed by atoms with E-state index in [2.05, 4.69) is 20.6 Å². The van der Waals surface area contributed by atoms with Crippen molar-refractivity contribution in [2.45, 2.75) is 26.3 Å². The minimum absolute atomic E-state index is 0.0227. The monoisotopic (exact) mass is 260 g/mol. The minimum atomic E-state index is -0.333. The lowest BCUT2D eigenvalue weighted by molar-refractivity contribution is -0.117. The fourth-order valence-corrected chi connectivity index (χ4v) is 1.37. The number of anilines is 1. The highest BCUT2D eigenvalue weighted by molar-refractivity contribution is 5.89. The van der Waals surface area contributed by atoms with Gasteiger partial charge < -0.3 is 4.52 Å². The highest BCUT2D eigenvalue weighted by Gasteiger charge is 2.11. The van der Waals surface area contributed by atoms with Crippen LogP contribution in [-0.4, -0.2) is 25.8 Å². The Kier molecular flexibility index (Phi) is 3.56. The lowest BCUT2D eigenvalue weighted by Crippen LogP contribution is -2.18. The third kappa shape index (κ3) is 3.16. The third-order valence-corrected chi connectivity index (χ3v) is 2.32. The molecule has 0 spiro atoms.